The topological polar surface area (TPSA) is 105 Å². The van der Waals surface area contributed by atoms with Gasteiger partial charge in [0.2, 0.25) is 5.88 Å². The zero-order chi connectivity index (χ0) is 19.6. The molecule has 0 aliphatic carbocycles. The minimum Gasteiger partial charge on any atom is -0.493 e. The number of nitrogens with one attached hydrogen (secondary N) is 1. The summed E-state index contributed by atoms with van der Waals surface area (Å²) in [5.74, 6) is 0.608. The normalized spacial score (nSPS) is 11.6. The van der Waals surface area contributed by atoms with Crippen LogP contribution in [-0.4, -0.2) is 33.3 Å². The lowest BCUT2D eigenvalue weighted by atomic mass is 10.0. The van der Waals surface area contributed by atoms with E-state index in [4.69, 9.17) is 9.15 Å². The molecule has 1 aromatic carbocycles. The van der Waals surface area contributed by atoms with Gasteiger partial charge >= 0.3 is 0 Å². The van der Waals surface area contributed by atoms with E-state index in [9.17, 15) is 15.0 Å². The first-order valence-corrected chi connectivity index (χ1v) is 8.53. The maximum atomic E-state index is 12.7. The number of hydrogen-bond donors (Lipinski definition) is 3. The third-order valence-corrected chi connectivity index (χ3v) is 4.17. The van der Waals surface area contributed by atoms with Gasteiger partial charge in [-0.05, 0) is 51.1 Å². The molecule has 0 fully saturated rings. The van der Waals surface area contributed by atoms with Crippen LogP contribution in [0.5, 0.6) is 11.6 Å². The molecule has 1 amide bonds. The third kappa shape index (κ3) is 4.03. The van der Waals surface area contributed by atoms with Crippen molar-refractivity contribution in [2.75, 3.05) is 6.61 Å². The molecule has 0 aliphatic rings. The van der Waals surface area contributed by atoms with Gasteiger partial charge < -0.3 is 24.7 Å². The first-order chi connectivity index (χ1) is 12.8. The Kier molecular flexibility index (Phi) is 5.05. The molecule has 0 spiro atoms. The number of aliphatic hydroxyl groups is 1. The van der Waals surface area contributed by atoms with Crippen molar-refractivity contribution in [1.82, 2.24) is 10.3 Å². The fourth-order valence-corrected chi connectivity index (χ4v) is 2.68. The van der Waals surface area contributed by atoms with Crippen LogP contribution in [0.25, 0.3) is 11.0 Å². The van der Waals surface area contributed by atoms with Gasteiger partial charge in [0.15, 0.2) is 0 Å². The predicted octanol–water partition coefficient (Wildman–Crippen LogP) is 2.92. The summed E-state index contributed by atoms with van der Waals surface area (Å²) in [6, 6.07) is 8.62. The summed E-state index contributed by atoms with van der Waals surface area (Å²) in [6.07, 6.45) is 1.50. The number of carbonyl (C=O) groups excluding carboxylic acids is 1. The molecule has 7 heteroatoms. The third-order valence-electron chi connectivity index (χ3n) is 4.17. The van der Waals surface area contributed by atoms with Gasteiger partial charge in [-0.1, -0.05) is 0 Å². The number of nitrogens with zero attached hydrogens (tertiary/aromatic N) is 1. The Morgan fingerprint density at radius 3 is 2.81 bits per heavy atom. The molecule has 0 saturated heterocycles. The van der Waals surface area contributed by atoms with E-state index in [0.717, 1.165) is 0 Å². The number of aliphatic hydroxyl groups excluding tert-OH is 1. The van der Waals surface area contributed by atoms with Gasteiger partial charge in [-0.3, -0.25) is 4.79 Å². The van der Waals surface area contributed by atoms with E-state index in [0.29, 0.717) is 33.6 Å². The molecule has 0 bridgehead atoms. The lowest BCUT2D eigenvalue weighted by molar-refractivity contribution is 0.0869. The van der Waals surface area contributed by atoms with E-state index >= 15 is 0 Å². The van der Waals surface area contributed by atoms with Gasteiger partial charge in [-0.15, -0.1) is 0 Å². The SMILES string of the molecule is Cc1oc2ccc(OCc3cccnc3O)cc2c1C(=O)NC(C)(C)CO. The molecule has 3 aromatic rings. The zero-order valence-electron chi connectivity index (χ0n) is 15.4. The Bertz CT molecular complexity index is 978. The Labute approximate surface area is 156 Å². The second kappa shape index (κ2) is 7.28. The molecule has 2 heterocycles. The molecular weight excluding hydrogens is 348 g/mol. The van der Waals surface area contributed by atoms with Crippen LogP contribution in [0.1, 0.15) is 35.5 Å². The van der Waals surface area contributed by atoms with Crippen molar-refractivity contribution in [3.05, 3.63) is 53.4 Å². The fraction of sp³-hybridized carbons (Fsp3) is 0.300. The number of furan rings is 1. The van der Waals surface area contributed by atoms with Gasteiger partial charge in [-0.2, -0.15) is 0 Å². The summed E-state index contributed by atoms with van der Waals surface area (Å²) in [7, 11) is 0. The summed E-state index contributed by atoms with van der Waals surface area (Å²) in [6.45, 7) is 5.14. The van der Waals surface area contributed by atoms with Gasteiger partial charge in [0.25, 0.3) is 5.91 Å². The molecule has 2 aromatic heterocycles. The van der Waals surface area contributed by atoms with Gasteiger partial charge in [0, 0.05) is 11.6 Å². The smallest absolute Gasteiger partial charge is 0.255 e. The van der Waals surface area contributed by atoms with Gasteiger partial charge in [0.05, 0.1) is 23.3 Å². The molecule has 27 heavy (non-hydrogen) atoms. The Morgan fingerprint density at radius 2 is 2.11 bits per heavy atom. The number of amides is 1. The molecule has 0 radical (unpaired) electrons. The van der Waals surface area contributed by atoms with Crippen molar-refractivity contribution < 1.29 is 24.2 Å². The highest BCUT2D eigenvalue weighted by atomic mass is 16.5. The number of hydrogen-bond acceptors (Lipinski definition) is 6. The van der Waals surface area contributed by atoms with Crippen LogP contribution in [0.4, 0.5) is 0 Å². The maximum Gasteiger partial charge on any atom is 0.255 e. The average molecular weight is 370 g/mol. The summed E-state index contributed by atoms with van der Waals surface area (Å²) in [5, 5.41) is 22.5. The van der Waals surface area contributed by atoms with E-state index in [1.165, 1.54) is 6.20 Å². The van der Waals surface area contributed by atoms with Crippen molar-refractivity contribution in [2.45, 2.75) is 32.9 Å². The van der Waals surface area contributed by atoms with E-state index in [1.54, 1.807) is 51.1 Å². The molecule has 0 aliphatic heterocycles. The van der Waals surface area contributed by atoms with Crippen LogP contribution in [0, 0.1) is 6.92 Å². The Hall–Kier alpha value is -3.06. The Balaban J connectivity index is 1.88. The van der Waals surface area contributed by atoms with Crippen LogP contribution in [0.15, 0.2) is 40.9 Å². The van der Waals surface area contributed by atoms with Crippen LogP contribution < -0.4 is 10.1 Å². The summed E-state index contributed by atoms with van der Waals surface area (Å²) in [5.41, 5.74) is 0.778. The first-order valence-electron chi connectivity index (χ1n) is 8.53. The highest BCUT2D eigenvalue weighted by Gasteiger charge is 2.25. The molecule has 0 atom stereocenters. The molecule has 0 saturated carbocycles. The van der Waals surface area contributed by atoms with Crippen LogP contribution in [0.2, 0.25) is 0 Å². The second-order valence-electron chi connectivity index (χ2n) is 6.96. The summed E-state index contributed by atoms with van der Waals surface area (Å²) in [4.78, 5) is 16.5. The fourth-order valence-electron chi connectivity index (χ4n) is 2.68. The van der Waals surface area contributed by atoms with Crippen molar-refractivity contribution in [2.24, 2.45) is 0 Å². The predicted molar refractivity (Wildman–Crippen MR) is 99.8 cm³/mol. The molecule has 7 nitrogen and oxygen atoms in total. The van der Waals surface area contributed by atoms with E-state index < -0.39 is 5.54 Å². The largest absolute Gasteiger partial charge is 0.493 e. The van der Waals surface area contributed by atoms with Gasteiger partial charge in [0.1, 0.15) is 23.7 Å². The van der Waals surface area contributed by atoms with Crippen LogP contribution in [0.3, 0.4) is 0 Å². The molecule has 3 rings (SSSR count). The summed E-state index contributed by atoms with van der Waals surface area (Å²) < 4.78 is 11.4. The number of rotatable bonds is 6. The Morgan fingerprint density at radius 1 is 1.33 bits per heavy atom. The van der Waals surface area contributed by atoms with Crippen molar-refractivity contribution >= 4 is 16.9 Å². The lowest BCUT2D eigenvalue weighted by Crippen LogP contribution is -2.46. The summed E-state index contributed by atoms with van der Waals surface area (Å²) >= 11 is 0. The number of benzene rings is 1. The number of fused-ring (bicyclic) bond motifs is 1. The maximum absolute atomic E-state index is 12.7. The molecule has 142 valence electrons. The van der Waals surface area contributed by atoms with E-state index in [-0.39, 0.29) is 25.0 Å². The highest BCUT2D eigenvalue weighted by molar-refractivity contribution is 6.07. The highest BCUT2D eigenvalue weighted by Crippen LogP contribution is 2.30. The van der Waals surface area contributed by atoms with Gasteiger partial charge in [-0.25, -0.2) is 4.98 Å². The van der Waals surface area contributed by atoms with E-state index in [1.807, 2.05) is 0 Å². The first kappa shape index (κ1) is 18.7. The van der Waals surface area contributed by atoms with Crippen LogP contribution in [-0.2, 0) is 6.61 Å². The number of ether oxygens (including phenoxy) is 1. The molecular formula is C20H22N2O5. The lowest BCUT2D eigenvalue weighted by Gasteiger charge is -2.23. The van der Waals surface area contributed by atoms with Crippen LogP contribution >= 0.6 is 0 Å². The quantitative estimate of drug-likeness (QED) is 0.616. The van der Waals surface area contributed by atoms with Crippen molar-refractivity contribution in [3.8, 4) is 11.6 Å². The minimum atomic E-state index is -0.751. The number of aryl methyl sites for hydroxylation is 1. The van der Waals surface area contributed by atoms with Crippen molar-refractivity contribution in [1.29, 1.82) is 0 Å². The van der Waals surface area contributed by atoms with E-state index in [2.05, 4.69) is 10.3 Å². The number of pyridine rings is 1. The molecule has 0 unspecified atom stereocenters. The number of carbonyl (C=O) groups is 1. The zero-order valence-corrected chi connectivity index (χ0v) is 15.4. The molecule has 3 N–H and O–H groups in total. The number of aromatic hydroxyl groups is 1. The monoisotopic (exact) mass is 370 g/mol. The van der Waals surface area contributed by atoms with Crippen molar-refractivity contribution in [3.63, 3.8) is 0 Å². The second-order valence-corrected chi connectivity index (χ2v) is 6.96. The number of aromatic nitrogens is 1. The standard InChI is InChI=1S/C20H22N2O5/c1-12-17(19(25)22-20(2,3)11-23)15-9-14(6-7-16(15)27-12)26-10-13-5-4-8-21-18(13)24/h4-9,23H,10-11H2,1-3H3,(H,21,24)(H,22,25). The minimum absolute atomic E-state index is 0.0796. The average Bonchev–Trinajstić information content (AvgIpc) is 2.95.